The summed E-state index contributed by atoms with van der Waals surface area (Å²) >= 11 is 0. The van der Waals surface area contributed by atoms with Crippen LogP contribution in [0.1, 0.15) is 5.56 Å². The van der Waals surface area contributed by atoms with Crippen molar-refractivity contribution in [1.82, 2.24) is 0 Å². The Balaban J connectivity index is 2.58. The van der Waals surface area contributed by atoms with Gasteiger partial charge in [-0.25, -0.2) is 8.78 Å². The molecule has 0 aliphatic carbocycles. The summed E-state index contributed by atoms with van der Waals surface area (Å²) in [7, 11) is 0. The molecule has 82 valence electrons. The van der Waals surface area contributed by atoms with Gasteiger partial charge in [0.15, 0.2) is 0 Å². The van der Waals surface area contributed by atoms with Crippen LogP contribution >= 0.6 is 0 Å². The molecule has 0 spiro atoms. The summed E-state index contributed by atoms with van der Waals surface area (Å²) in [5.41, 5.74) is 1.65. The lowest BCUT2D eigenvalue weighted by Crippen LogP contribution is -1.91. The van der Waals surface area contributed by atoms with E-state index in [9.17, 15) is 8.78 Å². The fourth-order valence-corrected chi connectivity index (χ4v) is 1.61. The van der Waals surface area contributed by atoms with Gasteiger partial charge in [0.2, 0.25) is 0 Å². The van der Waals surface area contributed by atoms with E-state index in [1.165, 1.54) is 30.3 Å². The van der Waals surface area contributed by atoms with Crippen LogP contribution in [-0.2, 0) is 6.61 Å². The Labute approximate surface area is 92.0 Å². The number of aliphatic hydroxyl groups excluding tert-OH is 1. The first kappa shape index (κ1) is 10.8. The van der Waals surface area contributed by atoms with Gasteiger partial charge in [0, 0.05) is 0 Å². The van der Waals surface area contributed by atoms with Crippen LogP contribution in [0.4, 0.5) is 8.78 Å². The maximum absolute atomic E-state index is 13.1. The lowest BCUT2D eigenvalue weighted by atomic mass is 10.00. The highest BCUT2D eigenvalue weighted by atomic mass is 19.1. The second-order valence-corrected chi connectivity index (χ2v) is 3.47. The Hall–Kier alpha value is -1.74. The van der Waals surface area contributed by atoms with Crippen LogP contribution in [0, 0.1) is 11.6 Å². The molecule has 0 aliphatic rings. The second-order valence-electron chi connectivity index (χ2n) is 3.47. The summed E-state index contributed by atoms with van der Waals surface area (Å²) in [5, 5.41) is 9.12. The molecule has 0 bridgehead atoms. The lowest BCUT2D eigenvalue weighted by Gasteiger charge is -2.07. The van der Waals surface area contributed by atoms with Crippen LogP contribution in [-0.4, -0.2) is 5.11 Å². The molecule has 0 aromatic heterocycles. The van der Waals surface area contributed by atoms with Crippen LogP contribution < -0.4 is 0 Å². The molecule has 1 N–H and O–H groups in total. The first-order valence-electron chi connectivity index (χ1n) is 4.86. The van der Waals surface area contributed by atoms with Crippen LogP contribution in [0.15, 0.2) is 42.5 Å². The fraction of sp³-hybridized carbons (Fsp3) is 0.0769. The maximum Gasteiger partial charge on any atom is 0.123 e. The van der Waals surface area contributed by atoms with Crippen LogP contribution in [0.3, 0.4) is 0 Å². The zero-order valence-electron chi connectivity index (χ0n) is 8.45. The third-order valence-electron chi connectivity index (χ3n) is 2.38. The Morgan fingerprint density at radius 1 is 0.938 bits per heavy atom. The third kappa shape index (κ3) is 2.09. The van der Waals surface area contributed by atoms with E-state index in [4.69, 9.17) is 5.11 Å². The predicted molar refractivity (Wildman–Crippen MR) is 57.7 cm³/mol. The number of aliphatic hydroxyl groups is 1. The van der Waals surface area contributed by atoms with E-state index >= 15 is 0 Å². The molecule has 0 aliphatic heterocycles. The number of halogens is 2. The van der Waals surface area contributed by atoms with Crippen molar-refractivity contribution in [2.45, 2.75) is 6.61 Å². The van der Waals surface area contributed by atoms with Crippen molar-refractivity contribution in [1.29, 1.82) is 0 Å². The summed E-state index contributed by atoms with van der Waals surface area (Å²) in [5.74, 6) is -0.790. The molecule has 2 rings (SSSR count). The summed E-state index contributed by atoms with van der Waals surface area (Å²) in [6.07, 6.45) is 0. The van der Waals surface area contributed by atoms with Gasteiger partial charge >= 0.3 is 0 Å². The molecule has 16 heavy (non-hydrogen) atoms. The van der Waals surface area contributed by atoms with E-state index in [1.807, 2.05) is 0 Å². The van der Waals surface area contributed by atoms with Gasteiger partial charge < -0.3 is 5.11 Å². The molecular weight excluding hydrogens is 210 g/mol. The van der Waals surface area contributed by atoms with E-state index < -0.39 is 5.82 Å². The molecule has 0 saturated carbocycles. The Morgan fingerprint density at radius 3 is 2.38 bits per heavy atom. The first-order chi connectivity index (χ1) is 7.70. The van der Waals surface area contributed by atoms with Crippen molar-refractivity contribution < 1.29 is 13.9 Å². The minimum atomic E-state index is -0.406. The summed E-state index contributed by atoms with van der Waals surface area (Å²) < 4.78 is 26.1. The Bertz CT molecular complexity index is 509. The lowest BCUT2D eigenvalue weighted by molar-refractivity contribution is 0.282. The van der Waals surface area contributed by atoms with Gasteiger partial charge in [0.25, 0.3) is 0 Å². The molecule has 0 radical (unpaired) electrons. The van der Waals surface area contributed by atoms with Crippen molar-refractivity contribution in [2.24, 2.45) is 0 Å². The number of rotatable bonds is 2. The molecule has 0 atom stereocenters. The average Bonchev–Trinajstić information content (AvgIpc) is 2.29. The smallest absolute Gasteiger partial charge is 0.123 e. The van der Waals surface area contributed by atoms with E-state index in [1.54, 1.807) is 12.1 Å². The van der Waals surface area contributed by atoms with Crippen molar-refractivity contribution >= 4 is 0 Å². The van der Waals surface area contributed by atoms with E-state index in [0.717, 1.165) is 0 Å². The largest absolute Gasteiger partial charge is 0.392 e. The van der Waals surface area contributed by atoms with Gasteiger partial charge in [-0.1, -0.05) is 18.2 Å². The van der Waals surface area contributed by atoms with E-state index in [0.29, 0.717) is 16.7 Å². The Kier molecular flexibility index (Phi) is 2.97. The standard InChI is InChI=1S/C13H10F2O/c14-11-3-1-2-9(6-11)13-7-12(15)5-4-10(13)8-16/h1-7,16H,8H2. The van der Waals surface area contributed by atoms with Crippen molar-refractivity contribution in [3.8, 4) is 11.1 Å². The molecule has 2 aromatic carbocycles. The van der Waals surface area contributed by atoms with Gasteiger partial charge in [-0.2, -0.15) is 0 Å². The van der Waals surface area contributed by atoms with E-state index in [-0.39, 0.29) is 12.4 Å². The van der Waals surface area contributed by atoms with Gasteiger partial charge in [-0.3, -0.25) is 0 Å². The minimum absolute atomic E-state index is 0.202. The van der Waals surface area contributed by atoms with Gasteiger partial charge in [0.1, 0.15) is 11.6 Å². The van der Waals surface area contributed by atoms with Crippen LogP contribution in [0.2, 0.25) is 0 Å². The monoisotopic (exact) mass is 220 g/mol. The third-order valence-corrected chi connectivity index (χ3v) is 2.38. The van der Waals surface area contributed by atoms with E-state index in [2.05, 4.69) is 0 Å². The van der Waals surface area contributed by atoms with Crippen molar-refractivity contribution in [3.63, 3.8) is 0 Å². The fourth-order valence-electron chi connectivity index (χ4n) is 1.61. The predicted octanol–water partition coefficient (Wildman–Crippen LogP) is 3.12. The second kappa shape index (κ2) is 4.41. The molecule has 0 saturated heterocycles. The summed E-state index contributed by atoms with van der Waals surface area (Å²) in [6, 6.07) is 9.92. The van der Waals surface area contributed by atoms with Crippen LogP contribution in [0.25, 0.3) is 11.1 Å². The molecule has 3 heteroatoms. The van der Waals surface area contributed by atoms with Crippen molar-refractivity contribution in [2.75, 3.05) is 0 Å². The maximum atomic E-state index is 13.1. The van der Waals surface area contributed by atoms with Gasteiger partial charge in [-0.15, -0.1) is 0 Å². The number of benzene rings is 2. The molecule has 0 heterocycles. The Morgan fingerprint density at radius 2 is 1.69 bits per heavy atom. The topological polar surface area (TPSA) is 20.2 Å². The van der Waals surface area contributed by atoms with Gasteiger partial charge in [0.05, 0.1) is 6.61 Å². The summed E-state index contributed by atoms with van der Waals surface area (Å²) in [6.45, 7) is -0.202. The SMILES string of the molecule is OCc1ccc(F)cc1-c1cccc(F)c1. The molecule has 2 aromatic rings. The van der Waals surface area contributed by atoms with Gasteiger partial charge in [-0.05, 0) is 41.0 Å². The highest BCUT2D eigenvalue weighted by molar-refractivity contribution is 5.67. The number of hydrogen-bond donors (Lipinski definition) is 1. The normalized spacial score (nSPS) is 10.4. The zero-order valence-corrected chi connectivity index (χ0v) is 8.45. The first-order valence-corrected chi connectivity index (χ1v) is 4.86. The quantitative estimate of drug-likeness (QED) is 0.824. The highest BCUT2D eigenvalue weighted by Crippen LogP contribution is 2.25. The average molecular weight is 220 g/mol. The molecule has 1 nitrogen and oxygen atoms in total. The molecular formula is C13H10F2O. The summed E-state index contributed by atoms with van der Waals surface area (Å²) in [4.78, 5) is 0. The molecule has 0 unspecified atom stereocenters. The molecule has 0 amide bonds. The minimum Gasteiger partial charge on any atom is -0.392 e. The van der Waals surface area contributed by atoms with Crippen molar-refractivity contribution in [3.05, 3.63) is 59.7 Å². The number of hydrogen-bond acceptors (Lipinski definition) is 1. The zero-order chi connectivity index (χ0) is 11.5. The molecule has 0 fully saturated rings. The highest BCUT2D eigenvalue weighted by Gasteiger charge is 2.06. The van der Waals surface area contributed by atoms with Crippen LogP contribution in [0.5, 0.6) is 0 Å².